The number of hydrogen-bond donors (Lipinski definition) is 1. The minimum atomic E-state index is -1.02. The van der Waals surface area contributed by atoms with Crippen molar-refractivity contribution in [3.63, 3.8) is 0 Å². The summed E-state index contributed by atoms with van der Waals surface area (Å²) in [5, 5.41) is 0. The van der Waals surface area contributed by atoms with Crippen LogP contribution in [0.3, 0.4) is 0 Å². The standard InChI is InChI=1S/C19H27N3O4/c1-4-14(20)13-5-6-16-15(11-13)22(18(24)19(2,3)26-16)12-17(23)21-7-9-25-10-8-21/h5-6,11,14H,4,7-10,12,20H2,1-3H3. The molecule has 1 unspecified atom stereocenters. The van der Waals surface area contributed by atoms with Gasteiger partial charge in [0, 0.05) is 19.1 Å². The summed E-state index contributed by atoms with van der Waals surface area (Å²) in [6, 6.07) is 5.49. The van der Waals surface area contributed by atoms with Crippen LogP contribution in [0.15, 0.2) is 18.2 Å². The SMILES string of the molecule is CCC(N)c1ccc2c(c1)N(CC(=O)N1CCOCC1)C(=O)C(C)(C)O2. The Morgan fingerprint density at radius 3 is 2.65 bits per heavy atom. The fourth-order valence-corrected chi connectivity index (χ4v) is 3.26. The highest BCUT2D eigenvalue weighted by Crippen LogP contribution is 2.39. The number of carbonyl (C=O) groups excluding carboxylic acids is 2. The van der Waals surface area contributed by atoms with Gasteiger partial charge in [-0.1, -0.05) is 13.0 Å². The van der Waals surface area contributed by atoms with Gasteiger partial charge in [0.25, 0.3) is 5.91 Å². The van der Waals surface area contributed by atoms with E-state index in [1.165, 1.54) is 4.90 Å². The van der Waals surface area contributed by atoms with E-state index in [9.17, 15) is 9.59 Å². The molecule has 0 aliphatic carbocycles. The van der Waals surface area contributed by atoms with Crippen LogP contribution in [0.1, 0.15) is 38.8 Å². The molecule has 0 radical (unpaired) electrons. The normalized spacial score (nSPS) is 20.4. The molecule has 2 aliphatic rings. The Hall–Kier alpha value is -2.12. The van der Waals surface area contributed by atoms with Gasteiger partial charge in [0.2, 0.25) is 5.91 Å². The van der Waals surface area contributed by atoms with Crippen molar-refractivity contribution in [3.05, 3.63) is 23.8 Å². The first-order valence-electron chi connectivity index (χ1n) is 9.09. The van der Waals surface area contributed by atoms with Crippen molar-refractivity contribution in [2.24, 2.45) is 5.73 Å². The molecule has 1 saturated heterocycles. The molecule has 1 aromatic rings. The van der Waals surface area contributed by atoms with Crippen LogP contribution in [0, 0.1) is 0 Å². The van der Waals surface area contributed by atoms with Gasteiger partial charge >= 0.3 is 0 Å². The maximum Gasteiger partial charge on any atom is 0.271 e. The second-order valence-electron chi connectivity index (χ2n) is 7.24. The first-order chi connectivity index (χ1) is 12.3. The average Bonchev–Trinajstić information content (AvgIpc) is 2.64. The molecule has 3 rings (SSSR count). The number of morpholine rings is 1. The lowest BCUT2D eigenvalue weighted by atomic mass is 9.99. The summed E-state index contributed by atoms with van der Waals surface area (Å²) in [4.78, 5) is 28.9. The highest BCUT2D eigenvalue weighted by Gasteiger charge is 2.42. The quantitative estimate of drug-likeness (QED) is 0.878. The van der Waals surface area contributed by atoms with Crippen molar-refractivity contribution in [2.75, 3.05) is 37.7 Å². The van der Waals surface area contributed by atoms with Crippen LogP contribution in [0.4, 0.5) is 5.69 Å². The van der Waals surface area contributed by atoms with E-state index in [4.69, 9.17) is 15.2 Å². The van der Waals surface area contributed by atoms with Crippen LogP contribution < -0.4 is 15.4 Å². The number of amides is 2. The molecule has 2 aliphatic heterocycles. The lowest BCUT2D eigenvalue weighted by molar-refractivity contribution is -0.138. The number of benzene rings is 1. The Morgan fingerprint density at radius 2 is 2.00 bits per heavy atom. The van der Waals surface area contributed by atoms with Crippen LogP contribution in [0.2, 0.25) is 0 Å². The van der Waals surface area contributed by atoms with Crippen molar-refractivity contribution < 1.29 is 19.1 Å². The van der Waals surface area contributed by atoms with Gasteiger partial charge < -0.3 is 20.1 Å². The maximum absolute atomic E-state index is 13.0. The van der Waals surface area contributed by atoms with E-state index >= 15 is 0 Å². The fraction of sp³-hybridized carbons (Fsp3) is 0.579. The molecule has 0 aromatic heterocycles. The number of nitrogens with zero attached hydrogens (tertiary/aromatic N) is 2. The molecule has 2 N–H and O–H groups in total. The zero-order valence-electron chi connectivity index (χ0n) is 15.7. The lowest BCUT2D eigenvalue weighted by Gasteiger charge is -2.39. The summed E-state index contributed by atoms with van der Waals surface area (Å²) >= 11 is 0. The second kappa shape index (κ2) is 7.25. The van der Waals surface area contributed by atoms with Crippen molar-refractivity contribution in [1.29, 1.82) is 0 Å². The molecule has 7 heteroatoms. The Kier molecular flexibility index (Phi) is 5.20. The van der Waals surface area contributed by atoms with Crippen molar-refractivity contribution >= 4 is 17.5 Å². The van der Waals surface area contributed by atoms with Crippen LogP contribution in [0.5, 0.6) is 5.75 Å². The molecule has 0 spiro atoms. The average molecular weight is 361 g/mol. The molecular weight excluding hydrogens is 334 g/mol. The Morgan fingerprint density at radius 1 is 1.31 bits per heavy atom. The van der Waals surface area contributed by atoms with E-state index in [-0.39, 0.29) is 24.4 Å². The summed E-state index contributed by atoms with van der Waals surface area (Å²) in [6.07, 6.45) is 0.784. The van der Waals surface area contributed by atoms with Gasteiger partial charge in [-0.3, -0.25) is 14.5 Å². The molecule has 26 heavy (non-hydrogen) atoms. The molecule has 0 saturated carbocycles. The predicted molar refractivity (Wildman–Crippen MR) is 98.1 cm³/mol. The van der Waals surface area contributed by atoms with E-state index < -0.39 is 5.60 Å². The molecule has 0 bridgehead atoms. The van der Waals surface area contributed by atoms with Gasteiger partial charge in [-0.05, 0) is 38.0 Å². The molecule has 7 nitrogen and oxygen atoms in total. The highest BCUT2D eigenvalue weighted by atomic mass is 16.5. The number of carbonyl (C=O) groups is 2. The smallest absolute Gasteiger partial charge is 0.271 e. The summed E-state index contributed by atoms with van der Waals surface area (Å²) in [5.41, 5.74) is 6.66. The number of hydrogen-bond acceptors (Lipinski definition) is 5. The molecule has 1 fully saturated rings. The van der Waals surface area contributed by atoms with Crippen molar-refractivity contribution in [1.82, 2.24) is 4.90 Å². The van der Waals surface area contributed by atoms with Crippen LogP contribution >= 0.6 is 0 Å². The lowest BCUT2D eigenvalue weighted by Crippen LogP contribution is -2.56. The maximum atomic E-state index is 13.0. The largest absolute Gasteiger partial charge is 0.476 e. The minimum absolute atomic E-state index is 0.0105. The Labute approximate surface area is 154 Å². The van der Waals surface area contributed by atoms with Gasteiger partial charge in [0.15, 0.2) is 5.60 Å². The summed E-state index contributed by atoms with van der Waals surface area (Å²) in [5.74, 6) is 0.278. The van der Waals surface area contributed by atoms with E-state index in [1.54, 1.807) is 18.7 Å². The van der Waals surface area contributed by atoms with Crippen LogP contribution in [-0.2, 0) is 14.3 Å². The summed E-state index contributed by atoms with van der Waals surface area (Å²) in [7, 11) is 0. The van der Waals surface area contributed by atoms with E-state index in [0.29, 0.717) is 37.7 Å². The topological polar surface area (TPSA) is 85.1 Å². The highest BCUT2D eigenvalue weighted by molar-refractivity contribution is 6.05. The Bertz CT molecular complexity index is 698. The molecular formula is C19H27N3O4. The minimum Gasteiger partial charge on any atom is -0.476 e. The number of fused-ring (bicyclic) bond motifs is 1. The van der Waals surface area contributed by atoms with Gasteiger partial charge in [-0.25, -0.2) is 0 Å². The third kappa shape index (κ3) is 3.54. The molecule has 1 aromatic carbocycles. The first-order valence-corrected chi connectivity index (χ1v) is 9.09. The van der Waals surface area contributed by atoms with E-state index in [1.807, 2.05) is 25.1 Å². The molecule has 2 heterocycles. The number of rotatable bonds is 4. The van der Waals surface area contributed by atoms with Gasteiger partial charge in [0.05, 0.1) is 18.9 Å². The van der Waals surface area contributed by atoms with Crippen LogP contribution in [0.25, 0.3) is 0 Å². The van der Waals surface area contributed by atoms with Crippen molar-refractivity contribution in [3.8, 4) is 5.75 Å². The molecule has 2 amide bonds. The predicted octanol–water partition coefficient (Wildman–Crippen LogP) is 1.46. The third-order valence-corrected chi connectivity index (χ3v) is 4.92. The molecule has 142 valence electrons. The Balaban J connectivity index is 1.92. The first kappa shape index (κ1) is 18.7. The summed E-state index contributed by atoms with van der Waals surface area (Å²) < 4.78 is 11.2. The van der Waals surface area contributed by atoms with Gasteiger partial charge in [0.1, 0.15) is 12.3 Å². The fourth-order valence-electron chi connectivity index (χ4n) is 3.26. The number of anilines is 1. The zero-order valence-corrected chi connectivity index (χ0v) is 15.7. The van der Waals surface area contributed by atoms with Gasteiger partial charge in [-0.15, -0.1) is 0 Å². The number of nitrogens with two attached hydrogens (primary N) is 1. The van der Waals surface area contributed by atoms with Crippen LogP contribution in [-0.4, -0.2) is 55.2 Å². The van der Waals surface area contributed by atoms with Crippen molar-refractivity contribution in [2.45, 2.75) is 38.8 Å². The second-order valence-corrected chi connectivity index (χ2v) is 7.24. The number of ether oxygens (including phenoxy) is 2. The third-order valence-electron chi connectivity index (χ3n) is 4.92. The monoisotopic (exact) mass is 361 g/mol. The summed E-state index contributed by atoms with van der Waals surface area (Å²) in [6.45, 7) is 7.59. The van der Waals surface area contributed by atoms with Gasteiger partial charge in [-0.2, -0.15) is 0 Å². The van der Waals surface area contributed by atoms with E-state index in [2.05, 4.69) is 0 Å². The molecule has 1 atom stereocenters. The van der Waals surface area contributed by atoms with E-state index in [0.717, 1.165) is 12.0 Å². The zero-order chi connectivity index (χ0) is 18.9.